The largest absolute Gasteiger partial charge is 0.324 e. The molecule has 0 spiro atoms. The average Bonchev–Trinajstić information content (AvgIpc) is 2.87. The van der Waals surface area contributed by atoms with Gasteiger partial charge in [0.1, 0.15) is 5.15 Å². The minimum Gasteiger partial charge on any atom is -0.307 e. The summed E-state index contributed by atoms with van der Waals surface area (Å²) >= 11 is 5.87. The fourth-order valence-corrected chi connectivity index (χ4v) is 2.47. The van der Waals surface area contributed by atoms with Crippen molar-refractivity contribution in [2.24, 2.45) is 0 Å². The highest BCUT2D eigenvalue weighted by Crippen LogP contribution is 2.25. The lowest BCUT2D eigenvalue weighted by molar-refractivity contribution is 0.262. The lowest BCUT2D eigenvalue weighted by Gasteiger charge is -2.23. The quantitative estimate of drug-likeness (QED) is 0.784. The third-order valence-corrected chi connectivity index (χ3v) is 3.73. The van der Waals surface area contributed by atoms with Gasteiger partial charge in [0.15, 0.2) is 5.82 Å². The highest BCUT2D eigenvalue weighted by molar-refractivity contribution is 6.29. The molecule has 0 aromatic carbocycles. The topological polar surface area (TPSA) is 71.8 Å². The lowest BCUT2D eigenvalue weighted by atomic mass is 10.1. The van der Waals surface area contributed by atoms with Gasteiger partial charge in [-0.1, -0.05) is 25.4 Å². The first-order valence-corrected chi connectivity index (χ1v) is 8.26. The zero-order valence-corrected chi connectivity index (χ0v) is 15.7. The van der Waals surface area contributed by atoms with Crippen LogP contribution in [0, 0.1) is 6.92 Å². The van der Waals surface area contributed by atoms with Crippen LogP contribution >= 0.6 is 11.6 Å². The van der Waals surface area contributed by atoms with E-state index < -0.39 is 0 Å². The van der Waals surface area contributed by atoms with Crippen LogP contribution in [0.15, 0.2) is 18.3 Å². The maximum atomic E-state index is 12.3. The molecule has 0 saturated heterocycles. The second kappa shape index (κ2) is 6.81. The summed E-state index contributed by atoms with van der Waals surface area (Å²) in [4.78, 5) is 16.2. The molecule has 0 aliphatic heterocycles. The number of nitrogens with one attached hydrogen (secondary N) is 2. The number of pyridine rings is 1. The van der Waals surface area contributed by atoms with Crippen LogP contribution in [-0.2, 0) is 5.54 Å². The normalized spacial score (nSPS) is 11.7. The molecule has 0 bridgehead atoms. The Morgan fingerprint density at radius 2 is 1.92 bits per heavy atom. The Bertz CT molecular complexity index is 746. The molecule has 0 saturated carbocycles. The summed E-state index contributed by atoms with van der Waals surface area (Å²) in [6.45, 7) is 12.3. The molecule has 0 fully saturated rings. The van der Waals surface area contributed by atoms with E-state index in [1.165, 1.54) is 0 Å². The van der Waals surface area contributed by atoms with Crippen molar-refractivity contribution in [2.75, 3.05) is 10.6 Å². The number of amides is 2. The molecule has 2 rings (SSSR count). The Morgan fingerprint density at radius 1 is 1.25 bits per heavy atom. The molecule has 2 aromatic heterocycles. The number of nitrogens with zero attached hydrogens (tertiary/aromatic N) is 3. The summed E-state index contributed by atoms with van der Waals surface area (Å²) in [6, 6.07) is 3.15. The summed E-state index contributed by atoms with van der Waals surface area (Å²) < 4.78 is 1.95. The number of aromatic nitrogens is 3. The monoisotopic (exact) mass is 349 g/mol. The van der Waals surface area contributed by atoms with Crippen molar-refractivity contribution < 1.29 is 4.79 Å². The maximum Gasteiger partial charge on any atom is 0.324 e. The molecule has 2 aromatic rings. The molecule has 6 nitrogen and oxygen atoms in total. The van der Waals surface area contributed by atoms with E-state index in [4.69, 9.17) is 11.6 Å². The van der Waals surface area contributed by atoms with Gasteiger partial charge in [-0.3, -0.25) is 10.00 Å². The number of rotatable bonds is 3. The van der Waals surface area contributed by atoms with Crippen molar-refractivity contribution in [3.05, 3.63) is 34.7 Å². The maximum absolute atomic E-state index is 12.3. The molecule has 0 aliphatic rings. The Labute approximate surface area is 147 Å². The van der Waals surface area contributed by atoms with Crippen molar-refractivity contribution in [1.29, 1.82) is 0 Å². The summed E-state index contributed by atoms with van der Waals surface area (Å²) in [6.07, 6.45) is 1.61. The first kappa shape index (κ1) is 18.3. The number of hydrogen-bond donors (Lipinski definition) is 2. The van der Waals surface area contributed by atoms with E-state index in [9.17, 15) is 4.79 Å². The lowest BCUT2D eigenvalue weighted by Crippen LogP contribution is -2.26. The van der Waals surface area contributed by atoms with Gasteiger partial charge in [-0.2, -0.15) is 5.10 Å². The molecule has 0 radical (unpaired) electrons. The summed E-state index contributed by atoms with van der Waals surface area (Å²) in [7, 11) is 0. The number of carbonyl (C=O) groups excluding carboxylic acids is 1. The zero-order chi connectivity index (χ0) is 18.1. The Morgan fingerprint density at radius 3 is 2.46 bits per heavy atom. The molecular weight excluding hydrogens is 326 g/mol. The van der Waals surface area contributed by atoms with Crippen LogP contribution in [0.4, 0.5) is 16.3 Å². The van der Waals surface area contributed by atoms with Gasteiger partial charge in [0, 0.05) is 23.6 Å². The van der Waals surface area contributed by atoms with Gasteiger partial charge in [-0.15, -0.1) is 0 Å². The van der Waals surface area contributed by atoms with E-state index in [0.717, 1.165) is 11.3 Å². The van der Waals surface area contributed by atoms with Crippen molar-refractivity contribution in [3.8, 4) is 0 Å². The smallest absolute Gasteiger partial charge is 0.307 e. The Balaban J connectivity index is 2.19. The van der Waals surface area contributed by atoms with Gasteiger partial charge in [-0.05, 0) is 45.2 Å². The summed E-state index contributed by atoms with van der Waals surface area (Å²) in [5.41, 5.74) is 2.36. The van der Waals surface area contributed by atoms with Crippen molar-refractivity contribution >= 4 is 29.1 Å². The first-order valence-electron chi connectivity index (χ1n) is 7.88. The van der Waals surface area contributed by atoms with Gasteiger partial charge in [-0.25, -0.2) is 9.78 Å². The van der Waals surface area contributed by atoms with Crippen LogP contribution in [0.3, 0.4) is 0 Å². The van der Waals surface area contributed by atoms with Crippen LogP contribution in [0.25, 0.3) is 0 Å². The SMILES string of the molecule is Cc1cnc(Cl)cc1NC(=O)Nc1cc(C(C)C)n(C(C)(C)C)n1. The second-order valence-corrected chi connectivity index (χ2v) is 7.48. The van der Waals surface area contributed by atoms with E-state index in [1.54, 1.807) is 12.3 Å². The van der Waals surface area contributed by atoms with Crippen molar-refractivity contribution in [1.82, 2.24) is 14.8 Å². The van der Waals surface area contributed by atoms with Gasteiger partial charge < -0.3 is 5.32 Å². The van der Waals surface area contributed by atoms with E-state index in [-0.39, 0.29) is 11.6 Å². The predicted octanol–water partition coefficient (Wildman–Crippen LogP) is 4.76. The van der Waals surface area contributed by atoms with Crippen LogP contribution < -0.4 is 10.6 Å². The molecule has 2 N–H and O–H groups in total. The molecule has 0 atom stereocenters. The number of halogens is 1. The van der Waals surface area contributed by atoms with Gasteiger partial charge >= 0.3 is 6.03 Å². The molecule has 7 heteroatoms. The van der Waals surface area contributed by atoms with Crippen molar-refractivity contribution in [3.63, 3.8) is 0 Å². The van der Waals surface area contributed by atoms with E-state index >= 15 is 0 Å². The zero-order valence-electron chi connectivity index (χ0n) is 14.9. The summed E-state index contributed by atoms with van der Waals surface area (Å²) in [5.74, 6) is 0.820. The first-order chi connectivity index (χ1) is 11.1. The van der Waals surface area contributed by atoms with Gasteiger partial charge in [0.25, 0.3) is 0 Å². The highest BCUT2D eigenvalue weighted by atomic mass is 35.5. The number of urea groups is 1. The fraction of sp³-hybridized carbons (Fsp3) is 0.471. The standard InChI is InChI=1S/C17H24ClN5O/c1-10(2)13-8-15(22-23(13)17(4,5)6)21-16(24)20-12-7-14(18)19-9-11(12)3/h7-10H,1-6H3,(H2,19,20,21,22,24). The minimum absolute atomic E-state index is 0.161. The summed E-state index contributed by atoms with van der Waals surface area (Å²) in [5, 5.41) is 10.4. The van der Waals surface area contributed by atoms with Crippen LogP contribution in [0.1, 0.15) is 51.8 Å². The minimum atomic E-state index is -0.366. The predicted molar refractivity (Wildman–Crippen MR) is 97.9 cm³/mol. The third-order valence-electron chi connectivity index (χ3n) is 3.52. The molecule has 0 aliphatic carbocycles. The number of hydrogen-bond acceptors (Lipinski definition) is 3. The number of carbonyl (C=O) groups is 1. The Kier molecular flexibility index (Phi) is 5.18. The molecule has 130 valence electrons. The average molecular weight is 350 g/mol. The van der Waals surface area contributed by atoms with Crippen LogP contribution in [-0.4, -0.2) is 20.8 Å². The molecular formula is C17H24ClN5O. The van der Waals surface area contributed by atoms with Gasteiger partial charge in [0.05, 0.1) is 5.54 Å². The number of aryl methyl sites for hydroxylation is 1. The Hall–Kier alpha value is -2.08. The fourth-order valence-electron chi connectivity index (χ4n) is 2.31. The molecule has 2 heterocycles. The van der Waals surface area contributed by atoms with Crippen molar-refractivity contribution in [2.45, 2.75) is 53.0 Å². The molecule has 24 heavy (non-hydrogen) atoms. The van der Waals surface area contributed by atoms with E-state index in [0.29, 0.717) is 22.6 Å². The van der Waals surface area contributed by atoms with E-state index in [2.05, 4.69) is 55.3 Å². The van der Waals surface area contributed by atoms with Crippen LogP contribution in [0.2, 0.25) is 5.15 Å². The second-order valence-electron chi connectivity index (χ2n) is 7.09. The number of anilines is 2. The van der Waals surface area contributed by atoms with E-state index in [1.807, 2.05) is 17.7 Å². The van der Waals surface area contributed by atoms with Gasteiger partial charge in [0.2, 0.25) is 0 Å². The third kappa shape index (κ3) is 4.26. The highest BCUT2D eigenvalue weighted by Gasteiger charge is 2.22. The molecule has 2 amide bonds. The van der Waals surface area contributed by atoms with Crippen LogP contribution in [0.5, 0.6) is 0 Å². The molecule has 0 unspecified atom stereocenters.